The molecular formula is C6H4NOS. The Balaban J connectivity index is 2.89. The smallest absolute Gasteiger partial charge is 0.153 e. The molecule has 0 fully saturated rings. The van der Waals surface area contributed by atoms with Crippen LogP contribution in [0.1, 0.15) is 0 Å². The number of rotatable bonds is 0. The Hall–Kier alpha value is -0.830. The molecular weight excluding hydrogens is 134 g/mol. The van der Waals surface area contributed by atoms with E-state index in [1.165, 1.54) is 11.3 Å². The molecule has 0 atom stereocenters. The number of hydrogen-bond donors (Lipinski definition) is 0. The van der Waals surface area contributed by atoms with Crippen molar-refractivity contribution in [1.82, 2.24) is 4.98 Å². The summed E-state index contributed by atoms with van der Waals surface area (Å²) in [5.74, 6) is 0. The van der Waals surface area contributed by atoms with Crippen LogP contribution in [0.5, 0.6) is 0 Å². The van der Waals surface area contributed by atoms with Crippen molar-refractivity contribution in [2.75, 3.05) is 6.61 Å². The maximum Gasteiger partial charge on any atom is 0.153 e. The number of fused-ring (bicyclic) bond motifs is 1. The van der Waals surface area contributed by atoms with E-state index in [1.54, 1.807) is 6.26 Å². The topological polar surface area (TPSA) is 22.1 Å². The highest BCUT2D eigenvalue weighted by atomic mass is 32.1. The fourth-order valence-corrected chi connectivity index (χ4v) is 1.30. The molecule has 0 spiro atoms. The second-order valence-electron chi connectivity index (χ2n) is 1.71. The van der Waals surface area contributed by atoms with Gasteiger partial charge in [-0.3, -0.25) is 0 Å². The van der Waals surface area contributed by atoms with Crippen LogP contribution < -0.4 is 9.88 Å². The molecule has 9 heavy (non-hydrogen) atoms. The van der Waals surface area contributed by atoms with Gasteiger partial charge >= 0.3 is 0 Å². The van der Waals surface area contributed by atoms with Crippen molar-refractivity contribution < 1.29 is 4.74 Å². The third-order valence-electron chi connectivity index (χ3n) is 1.14. The standard InChI is InChI=1S/C6H4NOS/c1-2-8-3-6-5(1)7-4-9-6/h1,3H,2H2. The minimum atomic E-state index is 0.643. The van der Waals surface area contributed by atoms with Crippen LogP contribution in [0, 0.1) is 5.51 Å². The molecule has 2 heterocycles. The Kier molecular flexibility index (Phi) is 1.02. The first kappa shape index (κ1) is 4.99. The molecule has 2 nitrogen and oxygen atoms in total. The lowest BCUT2D eigenvalue weighted by Crippen LogP contribution is -2.24. The largest absolute Gasteiger partial charge is 0.495 e. The molecule has 1 aliphatic heterocycles. The molecule has 0 unspecified atom stereocenters. The SMILES string of the molecule is [c]1nc2c(s1)=COCC=2. The summed E-state index contributed by atoms with van der Waals surface area (Å²) >= 11 is 1.48. The molecule has 1 aromatic rings. The van der Waals surface area contributed by atoms with Crippen molar-refractivity contribution in [2.24, 2.45) is 0 Å². The Bertz CT molecular complexity index is 284. The van der Waals surface area contributed by atoms with Crippen molar-refractivity contribution >= 4 is 23.7 Å². The summed E-state index contributed by atoms with van der Waals surface area (Å²) < 4.78 is 6.09. The van der Waals surface area contributed by atoms with Crippen LogP contribution in [0.2, 0.25) is 0 Å². The molecule has 1 aromatic heterocycles. The van der Waals surface area contributed by atoms with Crippen molar-refractivity contribution in [1.29, 1.82) is 0 Å². The minimum Gasteiger partial charge on any atom is -0.495 e. The second kappa shape index (κ2) is 1.84. The van der Waals surface area contributed by atoms with E-state index >= 15 is 0 Å². The van der Waals surface area contributed by atoms with Gasteiger partial charge in [-0.05, 0) is 6.08 Å². The van der Waals surface area contributed by atoms with Crippen LogP contribution in [0.25, 0.3) is 12.3 Å². The zero-order valence-electron chi connectivity index (χ0n) is 4.63. The van der Waals surface area contributed by atoms with E-state index in [1.807, 2.05) is 6.08 Å². The highest BCUT2D eigenvalue weighted by molar-refractivity contribution is 7.06. The Morgan fingerprint density at radius 2 is 2.78 bits per heavy atom. The third-order valence-corrected chi connectivity index (χ3v) is 1.85. The highest BCUT2D eigenvalue weighted by Crippen LogP contribution is 1.83. The van der Waals surface area contributed by atoms with E-state index in [4.69, 9.17) is 4.74 Å². The molecule has 3 heteroatoms. The first-order chi connectivity index (χ1) is 4.47. The van der Waals surface area contributed by atoms with E-state index < -0.39 is 0 Å². The van der Waals surface area contributed by atoms with E-state index in [9.17, 15) is 0 Å². The van der Waals surface area contributed by atoms with Gasteiger partial charge in [-0.1, -0.05) is 0 Å². The van der Waals surface area contributed by atoms with Gasteiger partial charge in [0, 0.05) is 0 Å². The van der Waals surface area contributed by atoms with Crippen LogP contribution in [-0.4, -0.2) is 11.6 Å². The van der Waals surface area contributed by atoms with Gasteiger partial charge in [0.2, 0.25) is 0 Å². The molecule has 2 rings (SSSR count). The lowest BCUT2D eigenvalue weighted by molar-refractivity contribution is 0.346. The fourth-order valence-electron chi connectivity index (χ4n) is 0.710. The fraction of sp³-hybridized carbons (Fsp3) is 0.167. The molecule has 0 N–H and O–H groups in total. The summed E-state index contributed by atoms with van der Waals surface area (Å²) in [6.45, 7) is 0.643. The molecule has 0 aromatic carbocycles. The molecule has 0 saturated carbocycles. The van der Waals surface area contributed by atoms with Gasteiger partial charge in [0.15, 0.2) is 5.51 Å². The monoisotopic (exact) mass is 138 g/mol. The zero-order valence-corrected chi connectivity index (χ0v) is 5.44. The summed E-state index contributed by atoms with van der Waals surface area (Å²) in [7, 11) is 0. The summed E-state index contributed by atoms with van der Waals surface area (Å²) in [5, 5.41) is 1.01. The van der Waals surface area contributed by atoms with E-state index in [2.05, 4.69) is 10.5 Å². The molecule has 0 amide bonds. The third kappa shape index (κ3) is 0.733. The quantitative estimate of drug-likeness (QED) is 0.482. The molecule has 45 valence electrons. The lowest BCUT2D eigenvalue weighted by atomic mass is 10.5. The Morgan fingerprint density at radius 1 is 1.78 bits per heavy atom. The maximum absolute atomic E-state index is 5.02. The van der Waals surface area contributed by atoms with Gasteiger partial charge in [0.1, 0.15) is 12.9 Å². The van der Waals surface area contributed by atoms with Crippen molar-refractivity contribution in [3.8, 4) is 0 Å². The molecule has 1 aliphatic rings. The molecule has 1 radical (unpaired) electrons. The normalized spacial score (nSPS) is 14.7. The van der Waals surface area contributed by atoms with E-state index in [0.717, 1.165) is 9.88 Å². The summed E-state index contributed by atoms with van der Waals surface area (Å²) in [6.07, 6.45) is 3.67. The van der Waals surface area contributed by atoms with E-state index in [-0.39, 0.29) is 0 Å². The number of nitrogens with zero attached hydrogens (tertiary/aromatic N) is 1. The van der Waals surface area contributed by atoms with Crippen LogP contribution in [0.15, 0.2) is 0 Å². The summed E-state index contributed by atoms with van der Waals surface area (Å²) in [4.78, 5) is 3.98. The average Bonchev–Trinajstić information content (AvgIpc) is 2.33. The van der Waals surface area contributed by atoms with Crippen molar-refractivity contribution in [3.63, 3.8) is 0 Å². The summed E-state index contributed by atoms with van der Waals surface area (Å²) in [6, 6.07) is 0. The predicted molar refractivity (Wildman–Crippen MR) is 35.1 cm³/mol. The number of hydrogen-bond acceptors (Lipinski definition) is 3. The van der Waals surface area contributed by atoms with Gasteiger partial charge in [0.25, 0.3) is 0 Å². The summed E-state index contributed by atoms with van der Waals surface area (Å²) in [5.41, 5.74) is 2.79. The molecule has 0 aliphatic carbocycles. The predicted octanol–water partition coefficient (Wildman–Crippen LogP) is -0.508. The van der Waals surface area contributed by atoms with Crippen molar-refractivity contribution in [2.45, 2.75) is 0 Å². The number of ether oxygens (including phenoxy) is 1. The first-order valence-electron chi connectivity index (χ1n) is 2.62. The Labute approximate surface area is 56.1 Å². The minimum absolute atomic E-state index is 0.643. The van der Waals surface area contributed by atoms with Crippen molar-refractivity contribution in [3.05, 3.63) is 15.4 Å². The van der Waals surface area contributed by atoms with Gasteiger partial charge in [-0.2, -0.15) is 0 Å². The van der Waals surface area contributed by atoms with Crippen LogP contribution in [-0.2, 0) is 4.74 Å². The number of thiazole rings is 1. The van der Waals surface area contributed by atoms with E-state index in [0.29, 0.717) is 6.61 Å². The molecule has 0 bridgehead atoms. The molecule has 0 saturated heterocycles. The van der Waals surface area contributed by atoms with Crippen LogP contribution >= 0.6 is 11.3 Å². The average molecular weight is 138 g/mol. The second-order valence-corrected chi connectivity index (χ2v) is 2.54. The van der Waals surface area contributed by atoms with Gasteiger partial charge in [0.05, 0.1) is 9.88 Å². The zero-order chi connectivity index (χ0) is 6.10. The maximum atomic E-state index is 5.02. The van der Waals surface area contributed by atoms with Gasteiger partial charge in [-0.15, -0.1) is 11.3 Å². The highest BCUT2D eigenvalue weighted by Gasteiger charge is 1.93. The number of aromatic nitrogens is 1. The van der Waals surface area contributed by atoms with Gasteiger partial charge < -0.3 is 4.74 Å². The lowest BCUT2D eigenvalue weighted by Gasteiger charge is -1.95. The van der Waals surface area contributed by atoms with Crippen LogP contribution in [0.4, 0.5) is 0 Å². The van der Waals surface area contributed by atoms with Crippen LogP contribution in [0.3, 0.4) is 0 Å². The van der Waals surface area contributed by atoms with Gasteiger partial charge in [-0.25, -0.2) is 4.98 Å². The first-order valence-corrected chi connectivity index (χ1v) is 3.43. The Morgan fingerprint density at radius 3 is 3.67 bits per heavy atom.